The number of pyridine rings is 1. The van der Waals surface area contributed by atoms with Crippen LogP contribution in [-0.2, 0) is 11.3 Å². The average molecular weight is 387 g/mol. The Balaban J connectivity index is 1.25. The maximum Gasteiger partial charge on any atom is 0.226 e. The molecule has 0 aliphatic carbocycles. The van der Waals surface area contributed by atoms with Gasteiger partial charge in [0.05, 0.1) is 12.0 Å². The maximum atomic E-state index is 12.9. The summed E-state index contributed by atoms with van der Waals surface area (Å²) in [5, 5.41) is 9.69. The van der Waals surface area contributed by atoms with Gasteiger partial charge in [0.2, 0.25) is 5.91 Å². The zero-order chi connectivity index (χ0) is 19.3. The minimum absolute atomic E-state index is 0.150. The fourth-order valence-electron chi connectivity index (χ4n) is 5.08. The van der Waals surface area contributed by atoms with E-state index in [1.165, 1.54) is 18.4 Å². The molecule has 1 aromatic rings. The lowest BCUT2D eigenvalue weighted by atomic mass is 9.92. The second-order valence-electron chi connectivity index (χ2n) is 8.76. The summed E-state index contributed by atoms with van der Waals surface area (Å²) in [6.45, 7) is 6.74. The first-order valence-electron chi connectivity index (χ1n) is 11.0. The minimum atomic E-state index is -0.219. The van der Waals surface area contributed by atoms with Crippen LogP contribution in [0, 0.1) is 5.92 Å². The van der Waals surface area contributed by atoms with Gasteiger partial charge in [-0.3, -0.25) is 19.6 Å². The highest BCUT2D eigenvalue weighted by molar-refractivity contribution is 5.79. The molecule has 0 aromatic carbocycles. The number of aliphatic hydroxyl groups excluding tert-OH is 1. The van der Waals surface area contributed by atoms with E-state index < -0.39 is 0 Å². The number of rotatable bonds is 4. The van der Waals surface area contributed by atoms with Crippen LogP contribution < -0.4 is 0 Å². The third-order valence-electron chi connectivity index (χ3n) is 6.78. The zero-order valence-corrected chi connectivity index (χ0v) is 16.9. The van der Waals surface area contributed by atoms with Gasteiger partial charge in [0.1, 0.15) is 0 Å². The molecule has 6 heteroatoms. The minimum Gasteiger partial charge on any atom is -0.393 e. The van der Waals surface area contributed by atoms with E-state index in [2.05, 4.69) is 20.9 Å². The molecule has 0 spiro atoms. The Hall–Kier alpha value is -1.50. The molecule has 3 aliphatic heterocycles. The van der Waals surface area contributed by atoms with E-state index in [1.807, 2.05) is 23.4 Å². The molecule has 4 heterocycles. The van der Waals surface area contributed by atoms with Crippen LogP contribution in [0.4, 0.5) is 0 Å². The fourth-order valence-corrected chi connectivity index (χ4v) is 5.08. The second kappa shape index (κ2) is 9.33. The van der Waals surface area contributed by atoms with E-state index in [-0.39, 0.29) is 12.0 Å². The summed E-state index contributed by atoms with van der Waals surface area (Å²) in [4.78, 5) is 24.3. The van der Waals surface area contributed by atoms with Crippen molar-refractivity contribution >= 4 is 5.91 Å². The first kappa shape index (κ1) is 19.8. The molecule has 0 radical (unpaired) electrons. The number of aliphatic hydroxyl groups is 1. The number of hydrogen-bond donors (Lipinski definition) is 1. The van der Waals surface area contributed by atoms with Gasteiger partial charge in [-0.2, -0.15) is 0 Å². The Morgan fingerprint density at radius 2 is 1.86 bits per heavy atom. The van der Waals surface area contributed by atoms with Gasteiger partial charge in [-0.15, -0.1) is 0 Å². The normalized spacial score (nSPS) is 26.5. The number of amides is 1. The first-order chi connectivity index (χ1) is 13.7. The Morgan fingerprint density at radius 1 is 1.07 bits per heavy atom. The summed E-state index contributed by atoms with van der Waals surface area (Å²) in [7, 11) is 0. The van der Waals surface area contributed by atoms with E-state index in [4.69, 9.17) is 0 Å². The number of likely N-dealkylation sites (tertiary alicyclic amines) is 3. The van der Waals surface area contributed by atoms with Crippen LogP contribution in [0.3, 0.4) is 0 Å². The highest BCUT2D eigenvalue weighted by Crippen LogP contribution is 2.26. The van der Waals surface area contributed by atoms with E-state index in [1.54, 1.807) is 0 Å². The number of aromatic nitrogens is 1. The highest BCUT2D eigenvalue weighted by Gasteiger charge is 2.34. The molecule has 1 atom stereocenters. The lowest BCUT2D eigenvalue weighted by Crippen LogP contribution is -2.52. The fraction of sp³-hybridized carbons (Fsp3) is 0.727. The standard InChI is InChI=1S/C22H34N4O2/c27-21-7-13-25(14-8-21)22(28)19-4-2-10-26(17-19)20-5-11-24(12-6-20)16-18-3-1-9-23-15-18/h1,3,9,15,19-21,27H,2,4-8,10-14,16-17H2/t19-/m1/s1. The van der Waals surface area contributed by atoms with Crippen molar-refractivity contribution in [3.8, 4) is 0 Å². The predicted octanol–water partition coefficient (Wildman–Crippen LogP) is 1.74. The van der Waals surface area contributed by atoms with Gasteiger partial charge < -0.3 is 10.0 Å². The molecular formula is C22H34N4O2. The van der Waals surface area contributed by atoms with Crippen molar-refractivity contribution in [1.82, 2.24) is 19.7 Å². The largest absolute Gasteiger partial charge is 0.393 e. The lowest BCUT2D eigenvalue weighted by Gasteiger charge is -2.43. The van der Waals surface area contributed by atoms with Gasteiger partial charge in [0.25, 0.3) is 0 Å². The van der Waals surface area contributed by atoms with Gasteiger partial charge >= 0.3 is 0 Å². The number of hydrogen-bond acceptors (Lipinski definition) is 5. The van der Waals surface area contributed by atoms with Crippen LogP contribution in [0.1, 0.15) is 44.1 Å². The van der Waals surface area contributed by atoms with Crippen LogP contribution in [0.5, 0.6) is 0 Å². The Labute approximate surface area is 168 Å². The third kappa shape index (κ3) is 4.91. The molecule has 3 aliphatic rings. The monoisotopic (exact) mass is 386 g/mol. The van der Waals surface area contributed by atoms with E-state index in [9.17, 15) is 9.90 Å². The van der Waals surface area contributed by atoms with E-state index >= 15 is 0 Å². The van der Waals surface area contributed by atoms with Crippen molar-refractivity contribution in [2.75, 3.05) is 39.3 Å². The molecule has 0 bridgehead atoms. The van der Waals surface area contributed by atoms with Crippen LogP contribution in [0.25, 0.3) is 0 Å². The quantitative estimate of drug-likeness (QED) is 0.854. The van der Waals surface area contributed by atoms with Crippen molar-refractivity contribution in [2.45, 2.75) is 57.2 Å². The second-order valence-corrected chi connectivity index (χ2v) is 8.76. The molecule has 154 valence electrons. The number of piperidine rings is 3. The van der Waals surface area contributed by atoms with Crippen molar-refractivity contribution in [3.63, 3.8) is 0 Å². The van der Waals surface area contributed by atoms with Crippen LogP contribution in [0.2, 0.25) is 0 Å². The molecule has 1 aromatic heterocycles. The molecule has 1 amide bonds. The molecule has 6 nitrogen and oxygen atoms in total. The van der Waals surface area contributed by atoms with Gasteiger partial charge in [0, 0.05) is 44.6 Å². The first-order valence-corrected chi connectivity index (χ1v) is 11.0. The topological polar surface area (TPSA) is 59.9 Å². The Bertz CT molecular complexity index is 625. The number of nitrogens with zero attached hydrogens (tertiary/aromatic N) is 4. The molecule has 28 heavy (non-hydrogen) atoms. The molecule has 3 fully saturated rings. The molecule has 0 saturated carbocycles. The molecular weight excluding hydrogens is 352 g/mol. The number of carbonyl (C=O) groups excluding carboxylic acids is 1. The van der Waals surface area contributed by atoms with Gasteiger partial charge in [-0.1, -0.05) is 6.07 Å². The summed E-state index contributed by atoms with van der Waals surface area (Å²) in [5.74, 6) is 0.475. The van der Waals surface area contributed by atoms with E-state index in [0.717, 1.165) is 71.5 Å². The van der Waals surface area contributed by atoms with Gasteiger partial charge in [-0.05, 0) is 69.8 Å². The summed E-state index contributed by atoms with van der Waals surface area (Å²) in [6.07, 6.45) is 9.58. The van der Waals surface area contributed by atoms with E-state index in [0.29, 0.717) is 11.9 Å². The highest BCUT2D eigenvalue weighted by atomic mass is 16.3. The average Bonchev–Trinajstić information content (AvgIpc) is 2.75. The summed E-state index contributed by atoms with van der Waals surface area (Å²) in [5.41, 5.74) is 1.29. The third-order valence-corrected chi connectivity index (χ3v) is 6.78. The predicted molar refractivity (Wildman–Crippen MR) is 109 cm³/mol. The smallest absolute Gasteiger partial charge is 0.226 e. The lowest BCUT2D eigenvalue weighted by molar-refractivity contribution is -0.139. The van der Waals surface area contributed by atoms with Crippen molar-refractivity contribution in [1.29, 1.82) is 0 Å². The van der Waals surface area contributed by atoms with Crippen molar-refractivity contribution < 1.29 is 9.90 Å². The Morgan fingerprint density at radius 3 is 2.57 bits per heavy atom. The van der Waals surface area contributed by atoms with Gasteiger partial charge in [0.15, 0.2) is 0 Å². The summed E-state index contributed by atoms with van der Waals surface area (Å²) in [6, 6.07) is 4.78. The van der Waals surface area contributed by atoms with Crippen molar-refractivity contribution in [2.24, 2.45) is 5.92 Å². The molecule has 1 N–H and O–H groups in total. The summed E-state index contributed by atoms with van der Waals surface area (Å²) < 4.78 is 0. The van der Waals surface area contributed by atoms with Crippen LogP contribution >= 0.6 is 0 Å². The number of carbonyl (C=O) groups is 1. The SMILES string of the molecule is O=C([C@@H]1CCCN(C2CCN(Cc3cccnc3)CC2)C1)N1CCC(O)CC1. The molecule has 4 rings (SSSR count). The van der Waals surface area contributed by atoms with Crippen LogP contribution in [0.15, 0.2) is 24.5 Å². The molecule has 0 unspecified atom stereocenters. The van der Waals surface area contributed by atoms with Gasteiger partial charge in [-0.25, -0.2) is 0 Å². The maximum absolute atomic E-state index is 12.9. The molecule has 3 saturated heterocycles. The summed E-state index contributed by atoms with van der Waals surface area (Å²) >= 11 is 0. The Kier molecular flexibility index (Phi) is 6.60. The van der Waals surface area contributed by atoms with Crippen molar-refractivity contribution in [3.05, 3.63) is 30.1 Å². The van der Waals surface area contributed by atoms with Crippen LogP contribution in [-0.4, -0.2) is 82.1 Å². The zero-order valence-electron chi connectivity index (χ0n) is 16.9.